The second kappa shape index (κ2) is 7.90. The van der Waals surface area contributed by atoms with Crippen molar-refractivity contribution in [3.05, 3.63) is 66.2 Å². The average molecular weight is 353 g/mol. The minimum Gasteiger partial charge on any atom is -0.548 e. The standard InChI is InChI=1S/C19H18N2O3S/c1-25-15-9-7-14(8-10-15)16-12-18(24-21-16)20-17(19(22)23)11-13-5-3-2-4-6-13/h2-10,12,17,20H,11H2,1H3,(H,22,23)/p-1/t17-/m1/s1. The number of carbonyl (C=O) groups excluding carboxylic acids is 1. The minimum absolute atomic E-state index is 0.293. The van der Waals surface area contributed by atoms with Gasteiger partial charge >= 0.3 is 0 Å². The smallest absolute Gasteiger partial charge is 0.225 e. The number of hydrogen-bond acceptors (Lipinski definition) is 6. The lowest BCUT2D eigenvalue weighted by Gasteiger charge is -2.18. The maximum Gasteiger partial charge on any atom is 0.225 e. The third-order valence-electron chi connectivity index (χ3n) is 3.78. The summed E-state index contributed by atoms with van der Waals surface area (Å²) in [7, 11) is 0. The summed E-state index contributed by atoms with van der Waals surface area (Å²) in [5.41, 5.74) is 2.45. The van der Waals surface area contributed by atoms with Gasteiger partial charge in [0.2, 0.25) is 5.88 Å². The van der Waals surface area contributed by atoms with Gasteiger partial charge in [0.05, 0.1) is 12.0 Å². The highest BCUT2D eigenvalue weighted by Crippen LogP contribution is 2.25. The number of aliphatic carboxylic acids is 1. The molecule has 0 saturated carbocycles. The van der Waals surface area contributed by atoms with Crippen LogP contribution in [0.4, 0.5) is 5.88 Å². The highest BCUT2D eigenvalue weighted by Gasteiger charge is 2.14. The summed E-state index contributed by atoms with van der Waals surface area (Å²) >= 11 is 1.66. The van der Waals surface area contributed by atoms with E-state index in [-0.39, 0.29) is 0 Å². The molecule has 0 amide bonds. The molecule has 128 valence electrons. The molecule has 1 N–H and O–H groups in total. The van der Waals surface area contributed by atoms with Crippen LogP contribution in [-0.2, 0) is 11.2 Å². The highest BCUT2D eigenvalue weighted by atomic mass is 32.2. The Balaban J connectivity index is 1.72. The normalized spacial score (nSPS) is 11.9. The molecule has 0 aliphatic heterocycles. The molecule has 0 aliphatic rings. The van der Waals surface area contributed by atoms with E-state index in [9.17, 15) is 9.90 Å². The first-order valence-corrected chi connectivity index (χ1v) is 9.00. The van der Waals surface area contributed by atoms with Crippen molar-refractivity contribution in [1.29, 1.82) is 0 Å². The Morgan fingerprint density at radius 1 is 1.20 bits per heavy atom. The summed E-state index contributed by atoms with van der Waals surface area (Å²) in [4.78, 5) is 12.6. The quantitative estimate of drug-likeness (QED) is 0.658. The van der Waals surface area contributed by atoms with Gasteiger partial charge in [-0.2, -0.15) is 0 Å². The molecule has 0 radical (unpaired) electrons. The summed E-state index contributed by atoms with van der Waals surface area (Å²) in [6, 6.07) is 18.1. The number of carboxylic acid groups (broad SMARTS) is 1. The number of carboxylic acids is 1. The van der Waals surface area contributed by atoms with Crippen LogP contribution in [0.3, 0.4) is 0 Å². The van der Waals surface area contributed by atoms with Crippen molar-refractivity contribution in [2.45, 2.75) is 17.4 Å². The first-order chi connectivity index (χ1) is 12.2. The summed E-state index contributed by atoms with van der Waals surface area (Å²) in [6.45, 7) is 0. The Morgan fingerprint density at radius 2 is 1.92 bits per heavy atom. The molecule has 0 fully saturated rings. The van der Waals surface area contributed by atoms with Crippen LogP contribution in [0.15, 0.2) is 70.1 Å². The van der Waals surface area contributed by atoms with Crippen LogP contribution in [0, 0.1) is 0 Å². The molecule has 3 rings (SSSR count). The Labute approximate surface area is 150 Å². The Kier molecular flexibility index (Phi) is 5.40. The molecule has 1 aromatic heterocycles. The number of thioether (sulfide) groups is 1. The van der Waals surface area contributed by atoms with Crippen molar-refractivity contribution in [1.82, 2.24) is 5.16 Å². The van der Waals surface area contributed by atoms with Gasteiger partial charge < -0.3 is 19.7 Å². The third kappa shape index (κ3) is 4.42. The number of nitrogens with zero attached hydrogens (tertiary/aromatic N) is 1. The molecule has 5 nitrogen and oxygen atoms in total. The van der Waals surface area contributed by atoms with Crippen molar-refractivity contribution in [3.63, 3.8) is 0 Å². The van der Waals surface area contributed by atoms with Gasteiger partial charge in [-0.3, -0.25) is 0 Å². The summed E-state index contributed by atoms with van der Waals surface area (Å²) in [5.74, 6) is -0.889. The predicted molar refractivity (Wildman–Crippen MR) is 96.3 cm³/mol. The average Bonchev–Trinajstić information content (AvgIpc) is 3.10. The van der Waals surface area contributed by atoms with Crippen LogP contribution < -0.4 is 10.4 Å². The maximum absolute atomic E-state index is 11.4. The van der Waals surface area contributed by atoms with E-state index >= 15 is 0 Å². The molecule has 0 aliphatic carbocycles. The number of hydrogen-bond donors (Lipinski definition) is 1. The van der Waals surface area contributed by atoms with Crippen LogP contribution in [0.25, 0.3) is 11.3 Å². The van der Waals surface area contributed by atoms with Gasteiger partial charge in [-0.25, -0.2) is 0 Å². The van der Waals surface area contributed by atoms with E-state index in [1.807, 2.05) is 60.9 Å². The van der Waals surface area contributed by atoms with Crippen molar-refractivity contribution in [3.8, 4) is 11.3 Å². The number of benzene rings is 2. The third-order valence-corrected chi connectivity index (χ3v) is 4.52. The van der Waals surface area contributed by atoms with E-state index in [4.69, 9.17) is 4.52 Å². The zero-order chi connectivity index (χ0) is 17.6. The first-order valence-electron chi connectivity index (χ1n) is 7.78. The van der Waals surface area contributed by atoms with E-state index in [0.29, 0.717) is 18.0 Å². The largest absolute Gasteiger partial charge is 0.548 e. The van der Waals surface area contributed by atoms with Crippen LogP contribution in [0.1, 0.15) is 5.56 Å². The van der Waals surface area contributed by atoms with E-state index in [1.54, 1.807) is 17.8 Å². The number of carbonyl (C=O) groups is 1. The Hall–Kier alpha value is -2.73. The molecule has 25 heavy (non-hydrogen) atoms. The van der Waals surface area contributed by atoms with Gasteiger partial charge in [0.1, 0.15) is 5.69 Å². The summed E-state index contributed by atoms with van der Waals surface area (Å²) in [5, 5.41) is 18.3. The predicted octanol–water partition coefficient (Wildman–Crippen LogP) is 2.84. The van der Waals surface area contributed by atoms with E-state index in [0.717, 1.165) is 16.0 Å². The van der Waals surface area contributed by atoms with Crippen molar-refractivity contribution in [2.24, 2.45) is 0 Å². The number of rotatable bonds is 7. The number of aromatic nitrogens is 1. The van der Waals surface area contributed by atoms with Gasteiger partial charge in [0.25, 0.3) is 0 Å². The van der Waals surface area contributed by atoms with Crippen molar-refractivity contribution >= 4 is 23.6 Å². The molecule has 0 unspecified atom stereocenters. The number of anilines is 1. The van der Waals surface area contributed by atoms with Gasteiger partial charge in [-0.15, -0.1) is 11.8 Å². The lowest BCUT2D eigenvalue weighted by Crippen LogP contribution is -2.42. The fraction of sp³-hybridized carbons (Fsp3) is 0.158. The Bertz CT molecular complexity index is 831. The van der Waals surface area contributed by atoms with Gasteiger partial charge in [-0.05, 0) is 30.4 Å². The molecule has 0 saturated heterocycles. The van der Waals surface area contributed by atoms with Gasteiger partial charge in [0.15, 0.2) is 0 Å². The SMILES string of the molecule is CSc1ccc(-c2cc(N[C@H](Cc3ccccc3)C(=O)[O-])on2)cc1. The lowest BCUT2D eigenvalue weighted by atomic mass is 10.1. The second-order valence-electron chi connectivity index (χ2n) is 5.51. The molecular weight excluding hydrogens is 336 g/mol. The molecule has 3 aromatic rings. The maximum atomic E-state index is 11.4. The molecule has 6 heteroatoms. The van der Waals surface area contributed by atoms with E-state index in [1.165, 1.54) is 0 Å². The summed E-state index contributed by atoms with van der Waals surface area (Å²) < 4.78 is 5.24. The van der Waals surface area contributed by atoms with Crippen molar-refractivity contribution < 1.29 is 14.4 Å². The molecular formula is C19H17N2O3S-. The molecule has 0 bridgehead atoms. The van der Waals surface area contributed by atoms with Crippen LogP contribution in [-0.4, -0.2) is 23.4 Å². The monoisotopic (exact) mass is 353 g/mol. The zero-order valence-corrected chi connectivity index (χ0v) is 14.5. The molecule has 0 spiro atoms. The van der Waals surface area contributed by atoms with E-state index in [2.05, 4.69) is 10.5 Å². The van der Waals surface area contributed by atoms with Crippen LogP contribution in [0.2, 0.25) is 0 Å². The molecule has 1 heterocycles. The lowest BCUT2D eigenvalue weighted by molar-refractivity contribution is -0.306. The van der Waals surface area contributed by atoms with Crippen LogP contribution >= 0.6 is 11.8 Å². The van der Waals surface area contributed by atoms with Crippen molar-refractivity contribution in [2.75, 3.05) is 11.6 Å². The fourth-order valence-electron chi connectivity index (χ4n) is 2.46. The molecule has 1 atom stereocenters. The topological polar surface area (TPSA) is 78.2 Å². The second-order valence-corrected chi connectivity index (χ2v) is 6.39. The van der Waals surface area contributed by atoms with E-state index < -0.39 is 12.0 Å². The summed E-state index contributed by atoms with van der Waals surface area (Å²) in [6.07, 6.45) is 2.31. The Morgan fingerprint density at radius 3 is 2.56 bits per heavy atom. The molecule has 2 aromatic carbocycles. The minimum atomic E-state index is -1.19. The highest BCUT2D eigenvalue weighted by molar-refractivity contribution is 7.98. The van der Waals surface area contributed by atoms with Gasteiger partial charge in [0, 0.05) is 16.5 Å². The van der Waals surface area contributed by atoms with Crippen LogP contribution in [0.5, 0.6) is 0 Å². The zero-order valence-electron chi connectivity index (χ0n) is 13.6. The first kappa shape index (κ1) is 17.1. The van der Waals surface area contributed by atoms with Gasteiger partial charge in [-0.1, -0.05) is 47.6 Å². The number of nitrogens with one attached hydrogen (secondary N) is 1. The fourth-order valence-corrected chi connectivity index (χ4v) is 2.86.